The lowest BCUT2D eigenvalue weighted by Crippen LogP contribution is -2.10. The number of aryl methyl sites for hydroxylation is 3. The molecular weight excluding hydrogens is 360 g/mol. The Morgan fingerprint density at radius 1 is 1.00 bits per heavy atom. The molecule has 144 valence electrons. The van der Waals surface area contributed by atoms with E-state index in [0.29, 0.717) is 11.3 Å². The highest BCUT2D eigenvalue weighted by Gasteiger charge is 2.30. The minimum Gasteiger partial charge on any atom is -0.508 e. The van der Waals surface area contributed by atoms with Crippen molar-refractivity contribution in [1.82, 2.24) is 4.57 Å². The number of carbonyl (C=O) groups excluding carboxylic acids is 1. The van der Waals surface area contributed by atoms with E-state index in [1.807, 2.05) is 66.1 Å². The van der Waals surface area contributed by atoms with Crippen LogP contribution in [-0.4, -0.2) is 15.5 Å². The summed E-state index contributed by atoms with van der Waals surface area (Å²) in [5, 5.41) is 11.4. The molecule has 0 spiro atoms. The van der Waals surface area contributed by atoms with Crippen molar-refractivity contribution in [1.29, 1.82) is 0 Å². The van der Waals surface area contributed by atoms with Gasteiger partial charge in [-0.25, -0.2) is 0 Å². The van der Waals surface area contributed by atoms with E-state index >= 15 is 0 Å². The fourth-order valence-electron chi connectivity index (χ4n) is 4.52. The first-order valence-corrected chi connectivity index (χ1v) is 9.88. The number of carbonyl (C=O) groups is 1. The molecule has 3 N–H and O–H groups in total. The Bertz CT molecular complexity index is 1270. The third kappa shape index (κ3) is 2.60. The van der Waals surface area contributed by atoms with Gasteiger partial charge in [-0.05, 0) is 55.2 Å². The maximum absolute atomic E-state index is 13.7. The Morgan fingerprint density at radius 3 is 2.52 bits per heavy atom. The van der Waals surface area contributed by atoms with Gasteiger partial charge in [0.05, 0.1) is 11.2 Å². The van der Waals surface area contributed by atoms with Crippen LogP contribution in [0.25, 0.3) is 16.6 Å². The summed E-state index contributed by atoms with van der Waals surface area (Å²) in [6.07, 6.45) is 1.51. The normalized spacial score (nSPS) is 13.2. The number of fused-ring (bicyclic) bond motifs is 4. The molecule has 4 heteroatoms. The predicted octanol–water partition coefficient (Wildman–Crippen LogP) is 4.43. The molecule has 0 radical (unpaired) electrons. The fourth-order valence-corrected chi connectivity index (χ4v) is 4.52. The van der Waals surface area contributed by atoms with Crippen LogP contribution in [0.1, 0.15) is 38.3 Å². The SMILES string of the molecule is Cc1ccc(-n2c3c(c4c(CN)c(O)ccc42)CCc2ccccc2C3=O)cc1. The lowest BCUT2D eigenvalue weighted by Gasteiger charge is -2.12. The molecule has 0 fully saturated rings. The molecule has 5 rings (SSSR count). The Balaban J connectivity index is 1.92. The number of aromatic hydroxyl groups is 1. The second-order valence-corrected chi connectivity index (χ2v) is 7.65. The molecule has 0 unspecified atom stereocenters. The lowest BCUT2D eigenvalue weighted by atomic mass is 10.00. The van der Waals surface area contributed by atoms with Crippen molar-refractivity contribution in [2.75, 3.05) is 0 Å². The molecule has 4 aromatic rings. The summed E-state index contributed by atoms with van der Waals surface area (Å²) in [4.78, 5) is 13.7. The maximum Gasteiger partial charge on any atom is 0.210 e. The topological polar surface area (TPSA) is 68.2 Å². The summed E-state index contributed by atoms with van der Waals surface area (Å²) in [5.41, 5.74) is 13.2. The van der Waals surface area contributed by atoms with Crippen LogP contribution < -0.4 is 5.73 Å². The zero-order chi connectivity index (χ0) is 20.1. The van der Waals surface area contributed by atoms with Crippen LogP contribution in [0, 0.1) is 6.92 Å². The van der Waals surface area contributed by atoms with Crippen LogP contribution in [-0.2, 0) is 19.4 Å². The van der Waals surface area contributed by atoms with E-state index in [1.54, 1.807) is 6.07 Å². The molecule has 0 amide bonds. The van der Waals surface area contributed by atoms with Gasteiger partial charge in [-0.2, -0.15) is 0 Å². The molecule has 1 aliphatic carbocycles. The van der Waals surface area contributed by atoms with E-state index in [4.69, 9.17) is 5.73 Å². The smallest absolute Gasteiger partial charge is 0.210 e. The van der Waals surface area contributed by atoms with Crippen molar-refractivity contribution in [3.8, 4) is 11.4 Å². The molecule has 1 aliphatic rings. The number of ketones is 1. The third-order valence-electron chi connectivity index (χ3n) is 5.94. The van der Waals surface area contributed by atoms with Gasteiger partial charge in [-0.15, -0.1) is 0 Å². The van der Waals surface area contributed by atoms with Crippen molar-refractivity contribution >= 4 is 16.7 Å². The molecule has 3 aromatic carbocycles. The number of nitrogens with two attached hydrogens (primary N) is 1. The summed E-state index contributed by atoms with van der Waals surface area (Å²) in [7, 11) is 0. The first kappa shape index (κ1) is 17.7. The monoisotopic (exact) mass is 382 g/mol. The molecule has 0 atom stereocenters. The number of hydrogen-bond acceptors (Lipinski definition) is 3. The van der Waals surface area contributed by atoms with Crippen LogP contribution in [0.5, 0.6) is 5.75 Å². The van der Waals surface area contributed by atoms with Crippen LogP contribution in [0.15, 0.2) is 60.7 Å². The van der Waals surface area contributed by atoms with E-state index in [0.717, 1.165) is 51.7 Å². The van der Waals surface area contributed by atoms with Crippen molar-refractivity contribution in [3.63, 3.8) is 0 Å². The van der Waals surface area contributed by atoms with E-state index < -0.39 is 0 Å². The number of rotatable bonds is 2. The highest BCUT2D eigenvalue weighted by molar-refractivity contribution is 6.14. The summed E-state index contributed by atoms with van der Waals surface area (Å²) in [5.74, 6) is 0.199. The molecule has 4 nitrogen and oxygen atoms in total. The number of phenolic OH excluding ortho intramolecular Hbond substituents is 1. The van der Waals surface area contributed by atoms with Crippen molar-refractivity contribution < 1.29 is 9.90 Å². The molecule has 0 saturated heterocycles. The molecule has 0 aliphatic heterocycles. The van der Waals surface area contributed by atoms with Gasteiger partial charge in [0.2, 0.25) is 5.78 Å². The summed E-state index contributed by atoms with van der Waals surface area (Å²) in [6.45, 7) is 2.26. The van der Waals surface area contributed by atoms with Crippen LogP contribution in [0.4, 0.5) is 0 Å². The van der Waals surface area contributed by atoms with E-state index in [9.17, 15) is 9.90 Å². The van der Waals surface area contributed by atoms with Crippen LogP contribution in [0.3, 0.4) is 0 Å². The lowest BCUT2D eigenvalue weighted by molar-refractivity contribution is 0.103. The minimum atomic E-state index is 0.0207. The average Bonchev–Trinajstić information content (AvgIpc) is 2.99. The third-order valence-corrected chi connectivity index (χ3v) is 5.94. The quantitative estimate of drug-likeness (QED) is 0.539. The number of nitrogens with zero attached hydrogens (tertiary/aromatic N) is 1. The first-order valence-electron chi connectivity index (χ1n) is 9.88. The standard InChI is InChI=1S/C25H22N2O2/c1-15-6-9-17(10-7-15)27-21-12-13-22(28)20(14-26)23(21)19-11-8-16-4-2-3-5-18(16)25(29)24(19)27/h2-7,9-10,12-13,28H,8,11,14,26H2,1H3. The highest BCUT2D eigenvalue weighted by atomic mass is 16.3. The van der Waals surface area contributed by atoms with Crippen LogP contribution >= 0.6 is 0 Å². The van der Waals surface area contributed by atoms with Gasteiger partial charge in [0, 0.05) is 28.7 Å². The largest absolute Gasteiger partial charge is 0.508 e. The Morgan fingerprint density at radius 2 is 1.76 bits per heavy atom. The first-order chi connectivity index (χ1) is 14.1. The van der Waals surface area contributed by atoms with Gasteiger partial charge >= 0.3 is 0 Å². The van der Waals surface area contributed by atoms with Gasteiger partial charge in [0.25, 0.3) is 0 Å². The molecule has 29 heavy (non-hydrogen) atoms. The molecular formula is C25H22N2O2. The van der Waals surface area contributed by atoms with E-state index in [-0.39, 0.29) is 18.1 Å². The Hall–Kier alpha value is -3.37. The van der Waals surface area contributed by atoms with Gasteiger partial charge in [0.1, 0.15) is 5.75 Å². The average molecular weight is 382 g/mol. The zero-order valence-corrected chi connectivity index (χ0v) is 16.3. The molecule has 0 saturated carbocycles. The van der Waals surface area contributed by atoms with E-state index in [2.05, 4.69) is 0 Å². The summed E-state index contributed by atoms with van der Waals surface area (Å²) < 4.78 is 2.03. The number of aromatic nitrogens is 1. The van der Waals surface area contributed by atoms with E-state index in [1.165, 1.54) is 0 Å². The van der Waals surface area contributed by atoms with Crippen LogP contribution in [0.2, 0.25) is 0 Å². The van der Waals surface area contributed by atoms with Crippen molar-refractivity contribution in [2.24, 2.45) is 5.73 Å². The number of phenols is 1. The fraction of sp³-hybridized carbons (Fsp3) is 0.160. The number of benzene rings is 3. The molecule has 1 aromatic heterocycles. The van der Waals surface area contributed by atoms with Gasteiger partial charge < -0.3 is 15.4 Å². The van der Waals surface area contributed by atoms with Gasteiger partial charge in [0.15, 0.2) is 0 Å². The predicted molar refractivity (Wildman–Crippen MR) is 115 cm³/mol. The Labute approximate surface area is 169 Å². The highest BCUT2D eigenvalue weighted by Crippen LogP contribution is 2.39. The molecule has 1 heterocycles. The van der Waals surface area contributed by atoms with Gasteiger partial charge in [-0.3, -0.25) is 4.79 Å². The molecule has 0 bridgehead atoms. The van der Waals surface area contributed by atoms with Gasteiger partial charge in [-0.1, -0.05) is 42.0 Å². The van der Waals surface area contributed by atoms with Crippen molar-refractivity contribution in [2.45, 2.75) is 26.3 Å². The Kier molecular flexibility index (Phi) is 4.03. The number of hydrogen-bond donors (Lipinski definition) is 2. The summed E-state index contributed by atoms with van der Waals surface area (Å²) in [6, 6.07) is 19.6. The zero-order valence-electron chi connectivity index (χ0n) is 16.3. The minimum absolute atomic E-state index is 0.0207. The van der Waals surface area contributed by atoms with Crippen molar-refractivity contribution in [3.05, 3.63) is 94.2 Å². The summed E-state index contributed by atoms with van der Waals surface area (Å²) >= 11 is 0. The second-order valence-electron chi connectivity index (χ2n) is 7.65. The second kappa shape index (κ2) is 6.61. The maximum atomic E-state index is 13.7.